The second-order valence-electron chi connectivity index (χ2n) is 5.13. The Labute approximate surface area is 133 Å². The van der Waals surface area contributed by atoms with E-state index in [9.17, 15) is 9.90 Å². The van der Waals surface area contributed by atoms with Gasteiger partial charge in [-0.15, -0.1) is 11.3 Å². The fraction of sp³-hybridized carbons (Fsp3) is 0.467. The Balaban J connectivity index is 2.31. The third-order valence-corrected chi connectivity index (χ3v) is 5.13. The summed E-state index contributed by atoms with van der Waals surface area (Å²) in [5.74, 6) is -0.873. The maximum atomic E-state index is 11.4. The molecular weight excluding hydrogens is 304 g/mol. The van der Waals surface area contributed by atoms with Crippen molar-refractivity contribution in [3.05, 3.63) is 33.0 Å². The molecule has 0 fully saturated rings. The first-order valence-corrected chi connectivity index (χ1v) is 8.74. The Bertz CT molecular complexity index is 591. The van der Waals surface area contributed by atoms with Crippen molar-refractivity contribution < 1.29 is 9.90 Å². The zero-order chi connectivity index (χ0) is 15.4. The van der Waals surface area contributed by atoms with Crippen LogP contribution in [0.25, 0.3) is 0 Å². The summed E-state index contributed by atoms with van der Waals surface area (Å²) in [4.78, 5) is 19.8. The van der Waals surface area contributed by atoms with Gasteiger partial charge in [0.15, 0.2) is 5.13 Å². The van der Waals surface area contributed by atoms with Crippen LogP contribution in [0.2, 0.25) is 0 Å². The summed E-state index contributed by atoms with van der Waals surface area (Å²) in [7, 11) is 0. The molecular formula is C15H20N2O2S2. The number of hydrogen-bond acceptors (Lipinski definition) is 5. The van der Waals surface area contributed by atoms with E-state index in [1.54, 1.807) is 11.3 Å². The Hall–Kier alpha value is -1.40. The van der Waals surface area contributed by atoms with E-state index in [2.05, 4.69) is 35.2 Å². The number of carboxylic acid groups (broad SMARTS) is 1. The van der Waals surface area contributed by atoms with E-state index in [1.807, 2.05) is 13.0 Å². The van der Waals surface area contributed by atoms with Crippen LogP contribution >= 0.6 is 22.7 Å². The number of thiophene rings is 1. The summed E-state index contributed by atoms with van der Waals surface area (Å²) in [6.07, 6.45) is 1.61. The molecule has 2 aromatic rings. The fourth-order valence-corrected chi connectivity index (χ4v) is 3.86. The number of nitrogens with zero attached hydrogens (tertiary/aromatic N) is 2. The van der Waals surface area contributed by atoms with Gasteiger partial charge in [0.2, 0.25) is 0 Å². The number of aromatic carboxylic acids is 1. The van der Waals surface area contributed by atoms with Gasteiger partial charge < -0.3 is 10.0 Å². The van der Waals surface area contributed by atoms with Crippen molar-refractivity contribution in [2.24, 2.45) is 0 Å². The van der Waals surface area contributed by atoms with Crippen LogP contribution < -0.4 is 4.90 Å². The summed E-state index contributed by atoms with van der Waals surface area (Å²) in [5.41, 5.74) is 0.710. The Morgan fingerprint density at radius 3 is 2.76 bits per heavy atom. The van der Waals surface area contributed by atoms with Crippen molar-refractivity contribution in [3.8, 4) is 0 Å². The van der Waals surface area contributed by atoms with Crippen LogP contribution in [0.15, 0.2) is 17.5 Å². The number of aromatic nitrogens is 1. The highest BCUT2D eigenvalue weighted by molar-refractivity contribution is 7.17. The van der Waals surface area contributed by atoms with Gasteiger partial charge in [-0.3, -0.25) is 0 Å². The average Bonchev–Trinajstić information content (AvgIpc) is 3.05. The second kappa shape index (κ2) is 7.04. The van der Waals surface area contributed by atoms with Gasteiger partial charge in [0, 0.05) is 10.9 Å². The van der Waals surface area contributed by atoms with Crippen LogP contribution in [0, 0.1) is 0 Å². The third kappa shape index (κ3) is 3.83. The molecule has 0 aliphatic heterocycles. The highest BCUT2D eigenvalue weighted by Gasteiger charge is 2.22. The number of aryl methyl sites for hydroxylation is 1. The van der Waals surface area contributed by atoms with Gasteiger partial charge in [-0.2, -0.15) is 0 Å². The molecule has 0 saturated heterocycles. The Morgan fingerprint density at radius 1 is 1.48 bits per heavy atom. The molecule has 0 unspecified atom stereocenters. The van der Waals surface area contributed by atoms with E-state index >= 15 is 0 Å². The van der Waals surface area contributed by atoms with E-state index in [1.165, 1.54) is 16.2 Å². The molecule has 0 atom stereocenters. The highest BCUT2D eigenvalue weighted by atomic mass is 32.1. The third-order valence-electron chi connectivity index (χ3n) is 3.14. The van der Waals surface area contributed by atoms with Gasteiger partial charge in [-0.05, 0) is 31.7 Å². The number of thiazole rings is 1. The summed E-state index contributed by atoms with van der Waals surface area (Å²) in [5, 5.41) is 12.2. The SMILES string of the molecule is CCCc1nc(N(Cc2cccs2)C(C)C)sc1C(=O)O. The first-order chi connectivity index (χ1) is 10.0. The zero-order valence-corrected chi connectivity index (χ0v) is 14.1. The lowest BCUT2D eigenvalue weighted by Gasteiger charge is -2.25. The summed E-state index contributed by atoms with van der Waals surface area (Å²) in [6, 6.07) is 4.40. The van der Waals surface area contributed by atoms with Crippen LogP contribution in [0.1, 0.15) is 47.4 Å². The van der Waals surface area contributed by atoms with Crippen molar-refractivity contribution in [3.63, 3.8) is 0 Å². The maximum Gasteiger partial charge on any atom is 0.347 e. The summed E-state index contributed by atoms with van der Waals surface area (Å²) >= 11 is 3.00. The molecule has 6 heteroatoms. The topological polar surface area (TPSA) is 53.4 Å². The minimum atomic E-state index is -0.873. The first kappa shape index (κ1) is 16.0. The largest absolute Gasteiger partial charge is 0.477 e. The molecule has 114 valence electrons. The minimum absolute atomic E-state index is 0.273. The van der Waals surface area contributed by atoms with Gasteiger partial charge in [0.05, 0.1) is 12.2 Å². The van der Waals surface area contributed by atoms with Crippen molar-refractivity contribution in [2.75, 3.05) is 4.90 Å². The molecule has 0 aliphatic rings. The number of hydrogen-bond donors (Lipinski definition) is 1. The number of rotatable bonds is 7. The minimum Gasteiger partial charge on any atom is -0.477 e. The van der Waals surface area contributed by atoms with Crippen LogP contribution in [0.4, 0.5) is 5.13 Å². The molecule has 0 saturated carbocycles. The number of carbonyl (C=O) groups is 1. The lowest BCUT2D eigenvalue weighted by molar-refractivity contribution is 0.0700. The quantitative estimate of drug-likeness (QED) is 0.826. The molecule has 0 bridgehead atoms. The van der Waals surface area contributed by atoms with Crippen LogP contribution in [0.5, 0.6) is 0 Å². The molecule has 2 heterocycles. The fourth-order valence-electron chi connectivity index (χ4n) is 2.08. The summed E-state index contributed by atoms with van der Waals surface area (Å²) in [6.45, 7) is 7.02. The van der Waals surface area contributed by atoms with Crippen molar-refractivity contribution >= 4 is 33.8 Å². The Morgan fingerprint density at radius 2 is 2.24 bits per heavy atom. The summed E-state index contributed by atoms with van der Waals surface area (Å²) < 4.78 is 0. The van der Waals surface area contributed by atoms with Crippen LogP contribution in [-0.2, 0) is 13.0 Å². The molecule has 4 nitrogen and oxygen atoms in total. The molecule has 0 radical (unpaired) electrons. The predicted octanol–water partition coefficient (Wildman–Crippen LogP) is 4.27. The highest BCUT2D eigenvalue weighted by Crippen LogP contribution is 2.30. The van der Waals surface area contributed by atoms with Gasteiger partial charge in [-0.1, -0.05) is 30.7 Å². The molecule has 21 heavy (non-hydrogen) atoms. The predicted molar refractivity (Wildman–Crippen MR) is 88.7 cm³/mol. The van der Waals surface area contributed by atoms with Gasteiger partial charge >= 0.3 is 5.97 Å². The second-order valence-corrected chi connectivity index (χ2v) is 7.14. The van der Waals surface area contributed by atoms with Crippen molar-refractivity contribution in [1.29, 1.82) is 0 Å². The first-order valence-electron chi connectivity index (χ1n) is 7.05. The van der Waals surface area contributed by atoms with E-state index in [0.717, 1.165) is 18.1 Å². The van der Waals surface area contributed by atoms with E-state index < -0.39 is 5.97 Å². The van der Waals surface area contributed by atoms with E-state index in [0.29, 0.717) is 17.0 Å². The lowest BCUT2D eigenvalue weighted by Crippen LogP contribution is -2.29. The van der Waals surface area contributed by atoms with Crippen LogP contribution in [-0.4, -0.2) is 22.1 Å². The Kier molecular flexibility index (Phi) is 5.36. The zero-order valence-electron chi connectivity index (χ0n) is 12.5. The molecule has 1 N–H and O–H groups in total. The molecule has 0 amide bonds. The normalized spacial score (nSPS) is 11.0. The smallest absolute Gasteiger partial charge is 0.347 e. The molecule has 0 aromatic carbocycles. The monoisotopic (exact) mass is 324 g/mol. The molecule has 0 spiro atoms. The molecule has 2 rings (SSSR count). The van der Waals surface area contributed by atoms with Gasteiger partial charge in [-0.25, -0.2) is 9.78 Å². The van der Waals surface area contributed by atoms with E-state index in [4.69, 9.17) is 0 Å². The van der Waals surface area contributed by atoms with Crippen molar-refractivity contribution in [2.45, 2.75) is 46.2 Å². The number of carboxylic acids is 1. The van der Waals surface area contributed by atoms with E-state index in [-0.39, 0.29) is 6.04 Å². The maximum absolute atomic E-state index is 11.4. The molecule has 2 aromatic heterocycles. The molecule has 0 aliphatic carbocycles. The van der Waals surface area contributed by atoms with Crippen molar-refractivity contribution in [1.82, 2.24) is 4.98 Å². The number of anilines is 1. The van der Waals surface area contributed by atoms with Gasteiger partial charge in [0.1, 0.15) is 4.88 Å². The van der Waals surface area contributed by atoms with Gasteiger partial charge in [0.25, 0.3) is 0 Å². The lowest BCUT2D eigenvalue weighted by atomic mass is 10.2. The average molecular weight is 324 g/mol. The van der Waals surface area contributed by atoms with Crippen LogP contribution in [0.3, 0.4) is 0 Å². The standard InChI is InChI=1S/C15H20N2O2S2/c1-4-6-12-13(14(18)19)21-15(16-12)17(10(2)3)9-11-7-5-8-20-11/h5,7-8,10H,4,6,9H2,1-3H3,(H,18,19).